The minimum Gasteiger partial charge on any atom is -0.184 e. The van der Waals surface area contributed by atoms with Gasteiger partial charge in [0, 0.05) is 0 Å². The van der Waals surface area contributed by atoms with Gasteiger partial charge in [-0.2, -0.15) is 102 Å². The van der Waals surface area contributed by atoms with Crippen LogP contribution in [0.4, 0.5) is 0 Å². The topological polar surface area (TPSA) is 0 Å². The van der Waals surface area contributed by atoms with Crippen molar-refractivity contribution in [3.8, 4) is 11.1 Å². The van der Waals surface area contributed by atoms with Gasteiger partial charge < -0.3 is 0 Å². The van der Waals surface area contributed by atoms with E-state index in [1.54, 1.807) is 0 Å². The molecule has 46 heavy (non-hydrogen) atoms. The second-order valence-electron chi connectivity index (χ2n) is 13.9. The van der Waals surface area contributed by atoms with E-state index in [2.05, 4.69) is 139 Å². The Morgan fingerprint density at radius 1 is 0.630 bits per heavy atom. The van der Waals surface area contributed by atoms with Crippen LogP contribution in [0.2, 0.25) is 0 Å². The van der Waals surface area contributed by atoms with E-state index in [1.807, 2.05) is 54.6 Å². The van der Waals surface area contributed by atoms with E-state index in [9.17, 15) is 0 Å². The number of benzene rings is 4. The van der Waals surface area contributed by atoms with Crippen LogP contribution in [0.1, 0.15) is 96.6 Å². The molecule has 0 nitrogen and oxygen atoms in total. The first-order valence-electron chi connectivity index (χ1n) is 15.4. The normalized spacial score (nSPS) is 11.9. The zero-order chi connectivity index (χ0) is 32.8. The maximum Gasteiger partial charge on any atom is -0.171 e. The van der Waals surface area contributed by atoms with Crippen LogP contribution in [0.25, 0.3) is 11.1 Å². The predicted molar refractivity (Wildman–Crippen MR) is 203 cm³/mol. The van der Waals surface area contributed by atoms with Crippen molar-refractivity contribution in [3.05, 3.63) is 155 Å². The van der Waals surface area contributed by atoms with Crippen LogP contribution >= 0.6 is 24.8 Å². The van der Waals surface area contributed by atoms with E-state index in [0.717, 1.165) is 12.8 Å². The number of halogens is 2. The van der Waals surface area contributed by atoms with E-state index < -0.39 is 0 Å². The van der Waals surface area contributed by atoms with Crippen molar-refractivity contribution in [3.63, 3.8) is 0 Å². The summed E-state index contributed by atoms with van der Waals surface area (Å²) in [5.74, 6) is 0. The van der Waals surface area contributed by atoms with Crippen molar-refractivity contribution in [2.75, 3.05) is 0 Å². The first kappa shape index (κ1) is 43.7. The van der Waals surface area contributed by atoms with Gasteiger partial charge >= 0.3 is 28.4 Å². The molecule has 0 amide bonds. The number of rotatable bonds is 0. The summed E-state index contributed by atoms with van der Waals surface area (Å²) in [5, 5.41) is 0. The molecule has 0 spiro atoms. The average Bonchev–Trinajstić information content (AvgIpc) is 3.70. The van der Waals surface area contributed by atoms with Crippen LogP contribution in [0, 0.1) is 24.3 Å². The Hall–Kier alpha value is -2.31. The van der Waals surface area contributed by atoms with Gasteiger partial charge in [0.05, 0.1) is 0 Å². The first-order chi connectivity index (χ1) is 20.8. The molecule has 0 heterocycles. The first-order valence-corrected chi connectivity index (χ1v) is 17.1. The van der Waals surface area contributed by atoms with Crippen molar-refractivity contribution >= 4 is 29.0 Å². The van der Waals surface area contributed by atoms with Crippen molar-refractivity contribution in [2.24, 2.45) is 0 Å². The zero-order valence-electron chi connectivity index (χ0n) is 29.3. The smallest absolute Gasteiger partial charge is 0.171 e. The summed E-state index contributed by atoms with van der Waals surface area (Å²) in [6.07, 6.45) is 11.0. The van der Waals surface area contributed by atoms with E-state index in [4.69, 9.17) is 0 Å². The third kappa shape index (κ3) is 14.6. The fourth-order valence-corrected chi connectivity index (χ4v) is 4.60. The van der Waals surface area contributed by atoms with Gasteiger partial charge in [-0.15, -0.1) is 42.4 Å². The molecule has 2 aliphatic carbocycles. The Morgan fingerprint density at radius 3 is 1.59 bits per heavy atom. The number of allylic oxidation sites excluding steroid dienone is 4. The van der Waals surface area contributed by atoms with E-state index >= 15 is 0 Å². The third-order valence-electron chi connectivity index (χ3n) is 7.24. The van der Waals surface area contributed by atoms with E-state index in [0.29, 0.717) is 0 Å². The Balaban J connectivity index is 0.000000672. The molecule has 6 rings (SSSR count). The fraction of sp³-hybridized carbons (Fsp3) is 0.326. The number of fused-ring (bicyclic) bond motifs is 3. The zero-order valence-corrected chi connectivity index (χ0v) is 33.3. The molecular formula is C43H52Cl2Zr-4. The molecule has 0 saturated heterocycles. The van der Waals surface area contributed by atoms with E-state index in [1.165, 1.54) is 63.2 Å². The molecule has 4 aromatic rings. The summed E-state index contributed by atoms with van der Waals surface area (Å²) < 4.78 is 3.34. The molecule has 0 atom stereocenters. The monoisotopic (exact) mass is 728 g/mol. The Morgan fingerprint density at radius 2 is 1.20 bits per heavy atom. The molecule has 0 aromatic heterocycles. The fourth-order valence-electron chi connectivity index (χ4n) is 4.60. The molecule has 0 saturated carbocycles. The molecule has 0 unspecified atom stereocenters. The minimum atomic E-state index is 0. The van der Waals surface area contributed by atoms with Crippen LogP contribution < -0.4 is 0 Å². The molecule has 0 bridgehead atoms. The molecule has 2 aliphatic rings. The third-order valence-corrected chi connectivity index (χ3v) is 7.24. The molecule has 246 valence electrons. The van der Waals surface area contributed by atoms with Crippen LogP contribution in [0.3, 0.4) is 0 Å². The Kier molecular flexibility index (Phi) is 19.8. The second kappa shape index (κ2) is 20.8. The second-order valence-corrected chi connectivity index (χ2v) is 13.9. The molecule has 0 N–H and O–H groups in total. The van der Waals surface area contributed by atoms with Crippen LogP contribution in [-0.2, 0) is 46.9 Å². The van der Waals surface area contributed by atoms with Gasteiger partial charge in [0.25, 0.3) is 0 Å². The van der Waals surface area contributed by atoms with Gasteiger partial charge in [0.2, 0.25) is 0 Å². The maximum atomic E-state index is 3.67. The standard InChI is InChI=1S/C21H25.C10H13.C6H5.C5H5.CH2.2ClH.Zr/c1-20(2,3)16-7-9-18-14(12-16)11-15-13-17(21(4,5)6)8-10-19(15)18;1-10(2,3)9-7-5-4-6-8-9;1-2-4-6-5-3-1;1-2-4-5-3-1;;;;/h7-10,12H,11H2,1-6H3;5-8H,1-3H3;1-5H;1-3H,4H2;1H2;2*1H;/q4*-1;;;;. The summed E-state index contributed by atoms with van der Waals surface area (Å²) in [6.45, 7) is 20.2. The average molecular weight is 731 g/mol. The molecule has 0 radical (unpaired) electrons. The quantitative estimate of drug-likeness (QED) is 0.139. The molecular weight excluding hydrogens is 679 g/mol. The summed E-state index contributed by atoms with van der Waals surface area (Å²) >= 11 is 1.30. The van der Waals surface area contributed by atoms with Crippen LogP contribution in [0.15, 0.2) is 103 Å². The van der Waals surface area contributed by atoms with Gasteiger partial charge in [-0.1, -0.05) is 86.1 Å². The van der Waals surface area contributed by atoms with Gasteiger partial charge in [-0.05, 0) is 33.8 Å². The SMILES string of the molecule is CC(C)(C)c1[c-]c2c(cc1)-c1ccc(C(C)(C)C)cc1C2.CC(C)(C)c1cc[c-]cc1.Cl.Cl.[C-]1=CC=CC1.[CH2]=[Zr].[c-]1ccccc1. The van der Waals surface area contributed by atoms with Crippen LogP contribution in [-0.4, -0.2) is 4.21 Å². The summed E-state index contributed by atoms with van der Waals surface area (Å²) in [7, 11) is 0. The van der Waals surface area contributed by atoms with Crippen molar-refractivity contribution in [1.29, 1.82) is 0 Å². The molecule has 0 aliphatic heterocycles. The summed E-state index contributed by atoms with van der Waals surface area (Å²) in [4.78, 5) is 0. The number of hydrogen-bond acceptors (Lipinski definition) is 0. The predicted octanol–water partition coefficient (Wildman–Crippen LogP) is 12.0. The summed E-state index contributed by atoms with van der Waals surface area (Å²) in [5.41, 5.74) is 10.3. The maximum absolute atomic E-state index is 3.67. The largest absolute Gasteiger partial charge is 0.184 e. The molecule has 4 aromatic carbocycles. The molecule has 0 fully saturated rings. The summed E-state index contributed by atoms with van der Waals surface area (Å²) in [6, 6.07) is 38.8. The van der Waals surface area contributed by atoms with Gasteiger partial charge in [-0.25, -0.2) is 12.2 Å². The van der Waals surface area contributed by atoms with Crippen molar-refractivity contribution in [2.45, 2.75) is 91.4 Å². The van der Waals surface area contributed by atoms with Crippen molar-refractivity contribution < 1.29 is 24.2 Å². The van der Waals surface area contributed by atoms with Crippen molar-refractivity contribution in [1.82, 2.24) is 0 Å². The van der Waals surface area contributed by atoms with E-state index in [-0.39, 0.29) is 41.1 Å². The Bertz CT molecular complexity index is 1370. The van der Waals surface area contributed by atoms with Crippen LogP contribution in [0.5, 0.6) is 0 Å². The van der Waals surface area contributed by atoms with Gasteiger partial charge in [0.15, 0.2) is 0 Å². The Labute approximate surface area is 309 Å². The minimum absolute atomic E-state index is 0. The number of hydrogen-bond donors (Lipinski definition) is 0. The van der Waals surface area contributed by atoms with Gasteiger partial charge in [-0.3, -0.25) is 6.08 Å². The molecule has 3 heteroatoms. The van der Waals surface area contributed by atoms with Gasteiger partial charge in [0.1, 0.15) is 0 Å².